The third-order valence-corrected chi connectivity index (χ3v) is 5.51. The van der Waals surface area contributed by atoms with Crippen LogP contribution in [0.4, 0.5) is 0 Å². The SMILES string of the molecule is CC[SiH](CC)OC(C)c1ccc(Cl)cc1. The first-order chi connectivity index (χ1) is 7.17. The summed E-state index contributed by atoms with van der Waals surface area (Å²) in [5, 5.41) is 0.783. The zero-order valence-corrected chi connectivity index (χ0v) is 11.6. The second-order valence-electron chi connectivity index (χ2n) is 3.77. The number of halogens is 1. The van der Waals surface area contributed by atoms with Crippen LogP contribution in [0.5, 0.6) is 0 Å². The van der Waals surface area contributed by atoms with Crippen LogP contribution in [0.3, 0.4) is 0 Å². The molecule has 0 heterocycles. The molecule has 84 valence electrons. The zero-order chi connectivity index (χ0) is 11.3. The first-order valence-corrected chi connectivity index (χ1v) is 8.06. The van der Waals surface area contributed by atoms with Crippen molar-refractivity contribution in [2.75, 3.05) is 0 Å². The molecular formula is C12H19ClOSi. The minimum atomic E-state index is -0.965. The monoisotopic (exact) mass is 242 g/mol. The van der Waals surface area contributed by atoms with Crippen LogP contribution in [-0.4, -0.2) is 9.04 Å². The molecule has 1 aromatic rings. The van der Waals surface area contributed by atoms with Gasteiger partial charge >= 0.3 is 0 Å². The first-order valence-electron chi connectivity index (χ1n) is 5.58. The molecule has 0 amide bonds. The van der Waals surface area contributed by atoms with Gasteiger partial charge in [-0.05, 0) is 36.7 Å². The lowest BCUT2D eigenvalue weighted by Crippen LogP contribution is -2.17. The van der Waals surface area contributed by atoms with Crippen LogP contribution >= 0.6 is 11.6 Å². The summed E-state index contributed by atoms with van der Waals surface area (Å²) in [4.78, 5) is 0. The molecule has 0 aliphatic heterocycles. The lowest BCUT2D eigenvalue weighted by atomic mass is 10.1. The summed E-state index contributed by atoms with van der Waals surface area (Å²) in [6, 6.07) is 10.3. The number of hydrogen-bond donors (Lipinski definition) is 0. The average Bonchev–Trinajstić information content (AvgIpc) is 2.26. The van der Waals surface area contributed by atoms with E-state index < -0.39 is 9.04 Å². The maximum atomic E-state index is 6.07. The lowest BCUT2D eigenvalue weighted by Gasteiger charge is -2.19. The Morgan fingerprint density at radius 1 is 1.20 bits per heavy atom. The zero-order valence-electron chi connectivity index (χ0n) is 9.66. The van der Waals surface area contributed by atoms with Gasteiger partial charge in [0.15, 0.2) is 9.04 Å². The van der Waals surface area contributed by atoms with Crippen LogP contribution in [0, 0.1) is 0 Å². The Morgan fingerprint density at radius 2 is 1.73 bits per heavy atom. The Balaban J connectivity index is 2.60. The lowest BCUT2D eigenvalue weighted by molar-refractivity contribution is 0.226. The topological polar surface area (TPSA) is 9.23 Å². The molecule has 0 aliphatic rings. The molecule has 1 aromatic carbocycles. The predicted octanol–water partition coefficient (Wildman–Crippen LogP) is 4.18. The fraction of sp³-hybridized carbons (Fsp3) is 0.500. The first kappa shape index (κ1) is 12.8. The van der Waals surface area contributed by atoms with Gasteiger partial charge in [-0.1, -0.05) is 37.6 Å². The van der Waals surface area contributed by atoms with E-state index in [1.807, 2.05) is 24.3 Å². The Hall–Kier alpha value is -0.313. The fourth-order valence-corrected chi connectivity index (χ4v) is 3.40. The molecule has 0 N–H and O–H groups in total. The molecule has 1 atom stereocenters. The Morgan fingerprint density at radius 3 is 2.20 bits per heavy atom. The minimum Gasteiger partial charge on any atom is -0.413 e. The second kappa shape index (κ2) is 6.31. The highest BCUT2D eigenvalue weighted by molar-refractivity contribution is 6.51. The smallest absolute Gasteiger partial charge is 0.177 e. The quantitative estimate of drug-likeness (QED) is 0.704. The van der Waals surface area contributed by atoms with E-state index in [1.165, 1.54) is 17.7 Å². The van der Waals surface area contributed by atoms with E-state index in [4.69, 9.17) is 16.0 Å². The average molecular weight is 243 g/mol. The molecule has 1 rings (SSSR count). The maximum Gasteiger partial charge on any atom is 0.177 e. The van der Waals surface area contributed by atoms with Gasteiger partial charge in [0, 0.05) is 5.02 Å². The highest BCUT2D eigenvalue weighted by Gasteiger charge is 2.12. The van der Waals surface area contributed by atoms with Crippen molar-refractivity contribution in [1.29, 1.82) is 0 Å². The van der Waals surface area contributed by atoms with E-state index in [0.717, 1.165) is 5.02 Å². The van der Waals surface area contributed by atoms with Gasteiger partial charge in [-0.2, -0.15) is 0 Å². The summed E-state index contributed by atoms with van der Waals surface area (Å²) >= 11 is 5.84. The summed E-state index contributed by atoms with van der Waals surface area (Å²) in [6.45, 7) is 6.55. The maximum absolute atomic E-state index is 6.07. The summed E-state index contributed by atoms with van der Waals surface area (Å²) < 4.78 is 6.07. The largest absolute Gasteiger partial charge is 0.413 e. The van der Waals surface area contributed by atoms with E-state index in [1.54, 1.807) is 0 Å². The van der Waals surface area contributed by atoms with Crippen molar-refractivity contribution in [2.24, 2.45) is 0 Å². The molecule has 0 fully saturated rings. The summed E-state index contributed by atoms with van der Waals surface area (Å²) in [7, 11) is -0.965. The Kier molecular flexibility index (Phi) is 5.36. The van der Waals surface area contributed by atoms with Gasteiger partial charge < -0.3 is 4.43 Å². The normalized spacial score (nSPS) is 13.1. The molecule has 0 radical (unpaired) electrons. The standard InChI is InChI=1S/C12H19ClOSi/c1-4-15(5-2)14-10(3)11-6-8-12(13)9-7-11/h6-10,15H,4-5H2,1-3H3. The van der Waals surface area contributed by atoms with E-state index in [9.17, 15) is 0 Å². The van der Waals surface area contributed by atoms with Crippen LogP contribution in [0.25, 0.3) is 0 Å². The molecular weight excluding hydrogens is 224 g/mol. The van der Waals surface area contributed by atoms with Crippen molar-refractivity contribution < 1.29 is 4.43 Å². The van der Waals surface area contributed by atoms with Gasteiger partial charge in [-0.3, -0.25) is 0 Å². The highest BCUT2D eigenvalue weighted by atomic mass is 35.5. The van der Waals surface area contributed by atoms with E-state index in [0.29, 0.717) is 0 Å². The third kappa shape index (κ3) is 3.97. The van der Waals surface area contributed by atoms with Crippen molar-refractivity contribution >= 4 is 20.6 Å². The number of hydrogen-bond acceptors (Lipinski definition) is 1. The fourth-order valence-electron chi connectivity index (χ4n) is 1.58. The van der Waals surface area contributed by atoms with Crippen LogP contribution in [0.15, 0.2) is 24.3 Å². The van der Waals surface area contributed by atoms with Crippen molar-refractivity contribution in [3.8, 4) is 0 Å². The molecule has 0 aromatic heterocycles. The predicted molar refractivity (Wildman–Crippen MR) is 69.1 cm³/mol. The van der Waals surface area contributed by atoms with Gasteiger partial charge in [0.05, 0.1) is 6.10 Å². The molecule has 15 heavy (non-hydrogen) atoms. The van der Waals surface area contributed by atoms with Gasteiger partial charge in [-0.25, -0.2) is 0 Å². The van der Waals surface area contributed by atoms with Crippen LogP contribution in [0.1, 0.15) is 32.4 Å². The van der Waals surface area contributed by atoms with Gasteiger partial charge in [0.1, 0.15) is 0 Å². The number of rotatable bonds is 5. The summed E-state index contributed by atoms with van der Waals surface area (Å²) in [5.74, 6) is 0. The highest BCUT2D eigenvalue weighted by Crippen LogP contribution is 2.21. The van der Waals surface area contributed by atoms with Crippen molar-refractivity contribution in [3.05, 3.63) is 34.9 Å². The van der Waals surface area contributed by atoms with Crippen LogP contribution in [-0.2, 0) is 4.43 Å². The van der Waals surface area contributed by atoms with Gasteiger partial charge in [0.25, 0.3) is 0 Å². The van der Waals surface area contributed by atoms with Crippen molar-refractivity contribution in [3.63, 3.8) is 0 Å². The third-order valence-electron chi connectivity index (χ3n) is 2.65. The molecule has 0 saturated heterocycles. The summed E-state index contributed by atoms with van der Waals surface area (Å²) in [6.07, 6.45) is 0.207. The Bertz CT molecular complexity index is 282. The molecule has 0 bridgehead atoms. The van der Waals surface area contributed by atoms with Crippen molar-refractivity contribution in [1.82, 2.24) is 0 Å². The van der Waals surface area contributed by atoms with Gasteiger partial charge in [-0.15, -0.1) is 0 Å². The van der Waals surface area contributed by atoms with Crippen LogP contribution in [0.2, 0.25) is 17.1 Å². The van der Waals surface area contributed by atoms with Gasteiger partial charge in [0.2, 0.25) is 0 Å². The second-order valence-corrected chi connectivity index (χ2v) is 7.35. The molecule has 1 unspecified atom stereocenters. The molecule has 3 heteroatoms. The number of benzene rings is 1. The van der Waals surface area contributed by atoms with E-state index >= 15 is 0 Å². The molecule has 1 nitrogen and oxygen atoms in total. The minimum absolute atomic E-state index is 0.207. The molecule has 0 aliphatic carbocycles. The Labute approximate surface area is 99.1 Å². The van der Waals surface area contributed by atoms with E-state index in [-0.39, 0.29) is 6.10 Å². The van der Waals surface area contributed by atoms with Crippen molar-refractivity contribution in [2.45, 2.75) is 39.0 Å². The summed E-state index contributed by atoms with van der Waals surface area (Å²) in [5.41, 5.74) is 1.22. The molecule has 0 spiro atoms. The van der Waals surface area contributed by atoms with E-state index in [2.05, 4.69) is 20.8 Å². The van der Waals surface area contributed by atoms with Crippen LogP contribution < -0.4 is 0 Å². The molecule has 0 saturated carbocycles.